The number of carbonyl (C=O) groups excluding carboxylic acids is 1. The van der Waals surface area contributed by atoms with Gasteiger partial charge >= 0.3 is 0 Å². The van der Waals surface area contributed by atoms with E-state index in [1.165, 1.54) is 36.4 Å². The van der Waals surface area contributed by atoms with E-state index < -0.39 is 29.2 Å². The molecular formula is C30H32F4N4O. The van der Waals surface area contributed by atoms with Gasteiger partial charge in [0.2, 0.25) is 5.91 Å². The Hall–Kier alpha value is -3.72. The van der Waals surface area contributed by atoms with Crippen molar-refractivity contribution in [1.82, 2.24) is 9.80 Å². The van der Waals surface area contributed by atoms with Crippen LogP contribution in [-0.4, -0.2) is 67.9 Å². The molecule has 206 valence electrons. The van der Waals surface area contributed by atoms with Gasteiger partial charge in [0.1, 0.15) is 29.1 Å². The number of nitrogens with zero attached hydrogens (tertiary/aromatic N) is 4. The number of rotatable bonds is 8. The van der Waals surface area contributed by atoms with Crippen molar-refractivity contribution in [3.8, 4) is 0 Å². The van der Waals surface area contributed by atoms with Crippen molar-refractivity contribution in [2.45, 2.75) is 19.3 Å². The summed E-state index contributed by atoms with van der Waals surface area (Å²) in [7, 11) is 1.62. The number of piperazine rings is 1. The van der Waals surface area contributed by atoms with Crippen molar-refractivity contribution >= 4 is 17.4 Å². The molecule has 1 amide bonds. The SMILES string of the molecule is CN=C(C)N(CCCN1CCN(c2ccc(F)cc2F)CC1)C(=O)C(c1ccc(F)cc1)c1ccc(F)cc1. The Morgan fingerprint density at radius 2 is 1.38 bits per heavy atom. The first kappa shape index (κ1) is 28.3. The summed E-state index contributed by atoms with van der Waals surface area (Å²) in [6.07, 6.45) is 0.670. The third-order valence-electron chi connectivity index (χ3n) is 7.11. The maximum absolute atomic E-state index is 14.2. The van der Waals surface area contributed by atoms with E-state index in [1.807, 2.05) is 4.90 Å². The molecule has 1 aliphatic rings. The zero-order valence-corrected chi connectivity index (χ0v) is 22.1. The Labute approximate surface area is 226 Å². The van der Waals surface area contributed by atoms with Gasteiger partial charge in [-0.2, -0.15) is 0 Å². The summed E-state index contributed by atoms with van der Waals surface area (Å²) < 4.78 is 54.7. The molecule has 39 heavy (non-hydrogen) atoms. The van der Waals surface area contributed by atoms with E-state index in [2.05, 4.69) is 9.89 Å². The van der Waals surface area contributed by atoms with E-state index in [0.717, 1.165) is 12.6 Å². The molecule has 5 nitrogen and oxygen atoms in total. The second-order valence-electron chi connectivity index (χ2n) is 9.57. The molecule has 1 saturated heterocycles. The van der Waals surface area contributed by atoms with Gasteiger partial charge in [-0.1, -0.05) is 24.3 Å². The van der Waals surface area contributed by atoms with Gasteiger partial charge in [0.05, 0.1) is 11.6 Å². The molecule has 0 aromatic heterocycles. The van der Waals surface area contributed by atoms with Gasteiger partial charge in [0, 0.05) is 45.8 Å². The first-order chi connectivity index (χ1) is 18.8. The summed E-state index contributed by atoms with van der Waals surface area (Å²) in [5.74, 6) is -2.41. The predicted octanol–water partition coefficient (Wildman–Crippen LogP) is 5.46. The van der Waals surface area contributed by atoms with Crippen LogP contribution in [0, 0.1) is 23.3 Å². The van der Waals surface area contributed by atoms with Crippen LogP contribution in [0.2, 0.25) is 0 Å². The Morgan fingerprint density at radius 3 is 1.90 bits per heavy atom. The Bertz CT molecular complexity index is 1240. The molecule has 1 fully saturated rings. The zero-order chi connectivity index (χ0) is 27.9. The quantitative estimate of drug-likeness (QED) is 0.216. The van der Waals surface area contributed by atoms with Crippen molar-refractivity contribution in [3.05, 3.63) is 101 Å². The summed E-state index contributed by atoms with van der Waals surface area (Å²) >= 11 is 0. The summed E-state index contributed by atoms with van der Waals surface area (Å²) in [5.41, 5.74) is 1.60. The van der Waals surface area contributed by atoms with E-state index in [9.17, 15) is 22.4 Å². The van der Waals surface area contributed by atoms with Gasteiger partial charge in [-0.05, 0) is 67.4 Å². The molecule has 0 bridgehead atoms. The molecule has 3 aromatic rings. The van der Waals surface area contributed by atoms with Gasteiger partial charge in [-0.15, -0.1) is 0 Å². The van der Waals surface area contributed by atoms with Gasteiger partial charge < -0.3 is 9.80 Å². The van der Waals surface area contributed by atoms with Crippen LogP contribution in [-0.2, 0) is 4.79 Å². The standard InChI is InChI=1S/C30H32F4N4O/c1-21(35-2)38(15-3-14-36-16-18-37(19-17-36)28-13-12-26(33)20-27(28)34)30(39)29(22-4-8-24(31)9-5-22)23-6-10-25(32)11-7-23/h4-13,20,29H,3,14-19H2,1-2H3. The number of amidine groups is 1. The number of hydrogen-bond acceptors (Lipinski definition) is 4. The normalized spacial score (nSPS) is 14.6. The smallest absolute Gasteiger partial charge is 0.239 e. The first-order valence-corrected chi connectivity index (χ1v) is 12.9. The third kappa shape index (κ3) is 7.03. The monoisotopic (exact) mass is 540 g/mol. The molecule has 3 aromatic carbocycles. The lowest BCUT2D eigenvalue weighted by molar-refractivity contribution is -0.128. The molecule has 1 heterocycles. The highest BCUT2D eigenvalue weighted by atomic mass is 19.1. The van der Waals surface area contributed by atoms with E-state index in [-0.39, 0.29) is 5.91 Å². The Balaban J connectivity index is 1.42. The molecule has 9 heteroatoms. The summed E-state index contributed by atoms with van der Waals surface area (Å²) in [6.45, 7) is 5.53. The number of anilines is 1. The number of aliphatic imine (C=N–C) groups is 1. The Morgan fingerprint density at radius 1 is 0.846 bits per heavy atom. The minimum Gasteiger partial charge on any atom is -0.367 e. The zero-order valence-electron chi connectivity index (χ0n) is 22.1. The summed E-state index contributed by atoms with van der Waals surface area (Å²) in [4.78, 5) is 24.0. The van der Waals surface area contributed by atoms with Crippen molar-refractivity contribution in [2.75, 3.05) is 51.2 Å². The molecule has 0 N–H and O–H groups in total. The highest BCUT2D eigenvalue weighted by Crippen LogP contribution is 2.28. The highest BCUT2D eigenvalue weighted by molar-refractivity contribution is 6.01. The average molecular weight is 541 g/mol. The lowest BCUT2D eigenvalue weighted by Gasteiger charge is -2.36. The lowest BCUT2D eigenvalue weighted by Crippen LogP contribution is -2.47. The Kier molecular flexibility index (Phi) is 9.35. The fourth-order valence-corrected chi connectivity index (χ4v) is 4.90. The molecule has 0 spiro atoms. The number of hydrogen-bond donors (Lipinski definition) is 0. The van der Waals surface area contributed by atoms with Crippen molar-refractivity contribution in [2.24, 2.45) is 4.99 Å². The van der Waals surface area contributed by atoms with Crippen LogP contribution in [0.1, 0.15) is 30.4 Å². The van der Waals surface area contributed by atoms with Gasteiger partial charge in [0.25, 0.3) is 0 Å². The number of benzene rings is 3. The van der Waals surface area contributed by atoms with E-state index in [4.69, 9.17) is 0 Å². The van der Waals surface area contributed by atoms with Crippen LogP contribution >= 0.6 is 0 Å². The van der Waals surface area contributed by atoms with Crippen LogP contribution in [0.15, 0.2) is 71.7 Å². The molecule has 4 rings (SSSR count). The molecule has 0 aliphatic carbocycles. The largest absolute Gasteiger partial charge is 0.367 e. The third-order valence-corrected chi connectivity index (χ3v) is 7.11. The fraction of sp³-hybridized carbons (Fsp3) is 0.333. The summed E-state index contributed by atoms with van der Waals surface area (Å²) in [5, 5.41) is 0. The van der Waals surface area contributed by atoms with Crippen molar-refractivity contribution in [3.63, 3.8) is 0 Å². The highest BCUT2D eigenvalue weighted by Gasteiger charge is 2.29. The molecule has 0 radical (unpaired) electrons. The van der Waals surface area contributed by atoms with Gasteiger partial charge in [-0.25, -0.2) is 17.6 Å². The average Bonchev–Trinajstić information content (AvgIpc) is 2.93. The topological polar surface area (TPSA) is 39.1 Å². The molecule has 0 unspecified atom stereocenters. The van der Waals surface area contributed by atoms with Crippen LogP contribution in [0.5, 0.6) is 0 Å². The molecule has 0 atom stereocenters. The van der Waals surface area contributed by atoms with Crippen molar-refractivity contribution < 1.29 is 22.4 Å². The number of amides is 1. The predicted molar refractivity (Wildman–Crippen MR) is 145 cm³/mol. The van der Waals surface area contributed by atoms with Crippen LogP contribution in [0.4, 0.5) is 23.2 Å². The number of carbonyl (C=O) groups is 1. The van der Waals surface area contributed by atoms with Crippen LogP contribution < -0.4 is 4.90 Å². The molecule has 0 saturated carbocycles. The second-order valence-corrected chi connectivity index (χ2v) is 9.57. The molecule has 1 aliphatic heterocycles. The first-order valence-electron chi connectivity index (χ1n) is 12.9. The van der Waals surface area contributed by atoms with Gasteiger partial charge in [-0.3, -0.25) is 14.7 Å². The van der Waals surface area contributed by atoms with E-state index in [0.29, 0.717) is 61.8 Å². The molecular weight excluding hydrogens is 508 g/mol. The number of halogens is 4. The maximum Gasteiger partial charge on any atom is 0.239 e. The van der Waals surface area contributed by atoms with E-state index >= 15 is 0 Å². The maximum atomic E-state index is 14.2. The van der Waals surface area contributed by atoms with Crippen LogP contribution in [0.25, 0.3) is 0 Å². The van der Waals surface area contributed by atoms with Crippen molar-refractivity contribution in [1.29, 1.82) is 0 Å². The minimum absolute atomic E-state index is 0.229. The van der Waals surface area contributed by atoms with E-state index in [1.54, 1.807) is 43.1 Å². The fourth-order valence-electron chi connectivity index (χ4n) is 4.90. The van der Waals surface area contributed by atoms with Crippen LogP contribution in [0.3, 0.4) is 0 Å². The second kappa shape index (κ2) is 12.9. The lowest BCUT2D eigenvalue weighted by atomic mass is 9.89. The minimum atomic E-state index is -0.753. The summed E-state index contributed by atoms with van der Waals surface area (Å²) in [6, 6.07) is 15.1. The van der Waals surface area contributed by atoms with Gasteiger partial charge in [0.15, 0.2) is 0 Å².